The molecular formula is C28H42N4O6. The maximum absolute atomic E-state index is 13.8. The second-order valence-electron chi connectivity index (χ2n) is 11.3. The highest BCUT2D eigenvalue weighted by atomic mass is 16.6. The highest BCUT2D eigenvalue weighted by Gasteiger charge is 2.54. The van der Waals surface area contributed by atoms with Gasteiger partial charge in [-0.15, -0.1) is 0 Å². The van der Waals surface area contributed by atoms with Crippen molar-refractivity contribution in [1.82, 2.24) is 15.1 Å². The molecule has 3 saturated heterocycles. The summed E-state index contributed by atoms with van der Waals surface area (Å²) >= 11 is 0. The molecule has 10 nitrogen and oxygen atoms in total. The minimum Gasteiger partial charge on any atom is -0.383 e. The van der Waals surface area contributed by atoms with E-state index in [-0.39, 0.29) is 36.9 Å². The molecule has 10 heteroatoms. The molecule has 38 heavy (non-hydrogen) atoms. The van der Waals surface area contributed by atoms with Crippen molar-refractivity contribution in [1.29, 1.82) is 0 Å². The minimum absolute atomic E-state index is 0.0240. The van der Waals surface area contributed by atoms with Crippen LogP contribution in [0.4, 0.5) is 5.69 Å². The molecule has 210 valence electrons. The van der Waals surface area contributed by atoms with E-state index in [1.54, 1.807) is 24.1 Å². The Morgan fingerprint density at radius 2 is 1.82 bits per heavy atom. The van der Waals surface area contributed by atoms with E-state index in [0.29, 0.717) is 12.2 Å². The number of carbonyl (C=O) groups is 3. The summed E-state index contributed by atoms with van der Waals surface area (Å²) < 4.78 is 16.6. The highest BCUT2D eigenvalue weighted by molar-refractivity contribution is 5.99. The molecule has 0 radical (unpaired) electrons. The average molecular weight is 531 g/mol. The van der Waals surface area contributed by atoms with Gasteiger partial charge in [0.2, 0.25) is 5.91 Å². The van der Waals surface area contributed by atoms with Gasteiger partial charge in [-0.25, -0.2) is 0 Å². The lowest BCUT2D eigenvalue weighted by Gasteiger charge is -2.36. The van der Waals surface area contributed by atoms with Crippen LogP contribution in [0.2, 0.25) is 0 Å². The van der Waals surface area contributed by atoms with Crippen molar-refractivity contribution in [2.45, 2.75) is 52.0 Å². The number of fused-ring (bicyclic) bond motifs is 1. The van der Waals surface area contributed by atoms with Crippen molar-refractivity contribution >= 4 is 23.3 Å². The van der Waals surface area contributed by atoms with Crippen LogP contribution in [0, 0.1) is 5.41 Å². The first-order valence-electron chi connectivity index (χ1n) is 13.6. The Labute approximate surface area is 225 Å². The predicted molar refractivity (Wildman–Crippen MR) is 143 cm³/mol. The van der Waals surface area contributed by atoms with Crippen molar-refractivity contribution in [2.24, 2.45) is 5.41 Å². The van der Waals surface area contributed by atoms with Gasteiger partial charge in [0.05, 0.1) is 13.2 Å². The van der Waals surface area contributed by atoms with Gasteiger partial charge in [-0.1, -0.05) is 20.8 Å². The summed E-state index contributed by atoms with van der Waals surface area (Å²) in [4.78, 5) is 45.9. The maximum atomic E-state index is 13.8. The van der Waals surface area contributed by atoms with Crippen molar-refractivity contribution in [3.05, 3.63) is 29.8 Å². The van der Waals surface area contributed by atoms with Crippen LogP contribution in [0.5, 0.6) is 0 Å². The number of carbonyl (C=O) groups excluding carboxylic acids is 3. The lowest BCUT2D eigenvalue weighted by Crippen LogP contribution is -2.57. The van der Waals surface area contributed by atoms with E-state index in [9.17, 15) is 14.4 Å². The van der Waals surface area contributed by atoms with Crippen LogP contribution in [0.3, 0.4) is 0 Å². The average Bonchev–Trinajstić information content (AvgIpc) is 3.46. The number of rotatable bonds is 9. The fourth-order valence-electron chi connectivity index (χ4n) is 5.50. The Kier molecular flexibility index (Phi) is 9.07. The second-order valence-corrected chi connectivity index (χ2v) is 11.3. The Morgan fingerprint density at radius 3 is 2.42 bits per heavy atom. The number of benzene rings is 1. The fourth-order valence-corrected chi connectivity index (χ4v) is 5.50. The zero-order chi connectivity index (χ0) is 27.4. The standard InChI is InChI=1S/C28H42N4O6/c1-6-37-22-17-32(23-21(33)18-38-24(22)23)27(35)25(28(2,3)4)29-26(34)19-7-9-20(10-8-19)31-13-11-30(12-14-31)15-16-36-5/h7-10,22-25H,6,11-18H2,1-5H3,(H,29,34)/t22-,23+,24+,25?/m0/s1. The number of likely N-dealkylation sites (tertiary alicyclic amines) is 1. The second kappa shape index (κ2) is 12.1. The number of piperazine rings is 1. The third kappa shape index (κ3) is 6.20. The molecular weight excluding hydrogens is 488 g/mol. The van der Waals surface area contributed by atoms with Crippen LogP contribution in [0.15, 0.2) is 24.3 Å². The fraction of sp³-hybridized carbons (Fsp3) is 0.679. The normalized spacial score (nSPS) is 25.0. The number of Topliss-reactive ketones (excluding diaryl/α,β-unsaturated/α-hetero) is 1. The molecule has 0 saturated carbocycles. The van der Waals surface area contributed by atoms with E-state index in [4.69, 9.17) is 14.2 Å². The molecule has 0 aliphatic carbocycles. The van der Waals surface area contributed by atoms with Gasteiger partial charge >= 0.3 is 0 Å². The molecule has 1 aromatic rings. The molecule has 3 fully saturated rings. The number of nitrogens with zero attached hydrogens (tertiary/aromatic N) is 3. The molecule has 1 N–H and O–H groups in total. The first-order chi connectivity index (χ1) is 18.1. The zero-order valence-corrected chi connectivity index (χ0v) is 23.3. The van der Waals surface area contributed by atoms with Crippen LogP contribution < -0.4 is 10.2 Å². The third-order valence-electron chi connectivity index (χ3n) is 7.67. The van der Waals surface area contributed by atoms with Gasteiger partial charge in [-0.3, -0.25) is 19.3 Å². The van der Waals surface area contributed by atoms with E-state index in [0.717, 1.165) is 45.0 Å². The summed E-state index contributed by atoms with van der Waals surface area (Å²) in [6.45, 7) is 13.7. The number of ketones is 1. The SMILES string of the molecule is CCO[C@H]1CN(C(=O)C(NC(=O)c2ccc(N3CCN(CCOC)CC3)cc2)C(C)(C)C)[C@@H]2C(=O)CO[C@H]12. The lowest BCUT2D eigenvalue weighted by molar-refractivity contribution is -0.140. The summed E-state index contributed by atoms with van der Waals surface area (Å²) in [5.74, 6) is -0.732. The molecule has 1 aromatic carbocycles. The van der Waals surface area contributed by atoms with Gasteiger partial charge in [-0.05, 0) is 36.6 Å². The largest absolute Gasteiger partial charge is 0.383 e. The monoisotopic (exact) mass is 530 g/mol. The quantitative estimate of drug-likeness (QED) is 0.508. The molecule has 0 aromatic heterocycles. The van der Waals surface area contributed by atoms with Gasteiger partial charge in [0.25, 0.3) is 5.91 Å². The van der Waals surface area contributed by atoms with Gasteiger partial charge < -0.3 is 29.3 Å². The molecule has 2 amide bonds. The van der Waals surface area contributed by atoms with Crippen LogP contribution in [0.1, 0.15) is 38.1 Å². The molecule has 3 aliphatic rings. The number of nitrogens with one attached hydrogen (secondary N) is 1. The van der Waals surface area contributed by atoms with Crippen LogP contribution in [0.25, 0.3) is 0 Å². The number of hydrogen-bond donors (Lipinski definition) is 1. The van der Waals surface area contributed by atoms with Crippen molar-refractivity contribution in [2.75, 3.05) is 71.1 Å². The topological polar surface area (TPSA) is 101 Å². The third-order valence-corrected chi connectivity index (χ3v) is 7.67. The Morgan fingerprint density at radius 1 is 1.13 bits per heavy atom. The number of amides is 2. The first-order valence-corrected chi connectivity index (χ1v) is 13.6. The van der Waals surface area contributed by atoms with Crippen LogP contribution >= 0.6 is 0 Å². The van der Waals surface area contributed by atoms with Gasteiger partial charge in [-0.2, -0.15) is 0 Å². The van der Waals surface area contributed by atoms with Gasteiger partial charge in [0, 0.05) is 57.7 Å². The Hall–Kier alpha value is -2.53. The van der Waals surface area contributed by atoms with Crippen molar-refractivity contribution in [3.8, 4) is 0 Å². The van der Waals surface area contributed by atoms with Gasteiger partial charge in [0.15, 0.2) is 5.78 Å². The van der Waals surface area contributed by atoms with Crippen molar-refractivity contribution in [3.63, 3.8) is 0 Å². The van der Waals surface area contributed by atoms with Gasteiger partial charge in [0.1, 0.15) is 30.9 Å². The summed E-state index contributed by atoms with van der Waals surface area (Å²) in [6, 6.07) is 6.04. The smallest absolute Gasteiger partial charge is 0.251 e. The number of hydrogen-bond acceptors (Lipinski definition) is 8. The summed E-state index contributed by atoms with van der Waals surface area (Å²) in [6.07, 6.45) is -0.816. The first kappa shape index (κ1) is 28.5. The van der Waals surface area contributed by atoms with E-state index >= 15 is 0 Å². The van der Waals surface area contributed by atoms with E-state index in [2.05, 4.69) is 15.1 Å². The number of ether oxygens (including phenoxy) is 3. The molecule has 3 aliphatic heterocycles. The predicted octanol–water partition coefficient (Wildman–Crippen LogP) is 1.18. The number of anilines is 1. The van der Waals surface area contributed by atoms with E-state index < -0.39 is 23.6 Å². The molecule has 1 unspecified atom stereocenters. The molecule has 4 rings (SSSR count). The Balaban J connectivity index is 1.42. The van der Waals surface area contributed by atoms with E-state index in [1.165, 1.54) is 0 Å². The van der Waals surface area contributed by atoms with E-state index in [1.807, 2.05) is 39.8 Å². The summed E-state index contributed by atoms with van der Waals surface area (Å²) in [5.41, 5.74) is 0.985. The van der Waals surface area contributed by atoms with Crippen molar-refractivity contribution < 1.29 is 28.6 Å². The molecule has 0 spiro atoms. The summed E-state index contributed by atoms with van der Waals surface area (Å²) in [5, 5.41) is 2.96. The maximum Gasteiger partial charge on any atom is 0.251 e. The zero-order valence-electron chi connectivity index (χ0n) is 23.3. The molecule has 0 bridgehead atoms. The lowest BCUT2D eigenvalue weighted by atomic mass is 9.85. The highest BCUT2D eigenvalue weighted by Crippen LogP contribution is 2.32. The minimum atomic E-state index is -0.815. The molecule has 4 atom stereocenters. The van der Waals surface area contributed by atoms with Crippen LogP contribution in [-0.2, 0) is 23.8 Å². The summed E-state index contributed by atoms with van der Waals surface area (Å²) in [7, 11) is 1.72. The van der Waals surface area contributed by atoms with Crippen LogP contribution in [-0.4, -0.2) is 118 Å². The Bertz CT molecular complexity index is 986. The number of methoxy groups -OCH3 is 1. The molecule has 3 heterocycles.